The minimum absolute atomic E-state index is 0.201. The number of ketones is 1. The second-order valence-electron chi connectivity index (χ2n) is 4.88. The van der Waals surface area contributed by atoms with Crippen LogP contribution in [0.2, 0.25) is 0 Å². The lowest BCUT2D eigenvalue weighted by Gasteiger charge is -2.22. The molecule has 0 heterocycles. The number of Topliss-reactive ketones (excluding diaryl/α,β-unsaturated/α-hetero) is 1. The predicted octanol–water partition coefficient (Wildman–Crippen LogP) is 2.77. The lowest BCUT2D eigenvalue weighted by atomic mass is 9.84. The van der Waals surface area contributed by atoms with Gasteiger partial charge in [-0.2, -0.15) is 0 Å². The molecule has 1 rings (SSSR count). The van der Waals surface area contributed by atoms with Gasteiger partial charge in [0.1, 0.15) is 5.78 Å². The fourth-order valence-electron chi connectivity index (χ4n) is 2.35. The first-order valence-corrected chi connectivity index (χ1v) is 6.47. The maximum atomic E-state index is 11.9. The molecule has 0 amide bonds. The van der Waals surface area contributed by atoms with Gasteiger partial charge < -0.3 is 5.32 Å². The van der Waals surface area contributed by atoms with Crippen molar-refractivity contribution in [1.82, 2.24) is 5.32 Å². The number of rotatable bonds is 6. The van der Waals surface area contributed by atoms with Crippen LogP contribution in [-0.4, -0.2) is 18.9 Å². The van der Waals surface area contributed by atoms with Crippen LogP contribution in [0.3, 0.4) is 0 Å². The topological polar surface area (TPSA) is 29.1 Å². The van der Waals surface area contributed by atoms with Gasteiger partial charge in [0.25, 0.3) is 0 Å². The Balaban J connectivity index is 2.20. The van der Waals surface area contributed by atoms with E-state index in [2.05, 4.69) is 12.2 Å². The Morgan fingerprint density at radius 3 is 2.60 bits per heavy atom. The van der Waals surface area contributed by atoms with Gasteiger partial charge in [0.2, 0.25) is 0 Å². The van der Waals surface area contributed by atoms with Crippen molar-refractivity contribution in [1.29, 1.82) is 0 Å². The van der Waals surface area contributed by atoms with Gasteiger partial charge in [-0.25, -0.2) is 0 Å². The highest BCUT2D eigenvalue weighted by atomic mass is 16.1. The maximum absolute atomic E-state index is 11.9. The highest BCUT2D eigenvalue weighted by Crippen LogP contribution is 2.27. The van der Waals surface area contributed by atoms with Crippen molar-refractivity contribution >= 4 is 5.78 Å². The van der Waals surface area contributed by atoms with E-state index in [0.717, 1.165) is 19.5 Å². The Hall–Kier alpha value is -0.370. The highest BCUT2D eigenvalue weighted by molar-refractivity contribution is 5.81. The van der Waals surface area contributed by atoms with Crippen molar-refractivity contribution in [3.63, 3.8) is 0 Å². The molecule has 1 fully saturated rings. The van der Waals surface area contributed by atoms with Gasteiger partial charge in [0.05, 0.1) is 0 Å². The quantitative estimate of drug-likeness (QED) is 0.732. The van der Waals surface area contributed by atoms with Crippen LogP contribution in [0.5, 0.6) is 0 Å². The van der Waals surface area contributed by atoms with Crippen molar-refractivity contribution in [3.8, 4) is 0 Å². The van der Waals surface area contributed by atoms with Crippen molar-refractivity contribution in [2.75, 3.05) is 13.1 Å². The molecule has 0 aliphatic heterocycles. The molecule has 1 unspecified atom stereocenters. The molecule has 1 aliphatic carbocycles. The average Bonchev–Trinajstić information content (AvgIpc) is 2.27. The van der Waals surface area contributed by atoms with Crippen molar-refractivity contribution in [3.05, 3.63) is 0 Å². The van der Waals surface area contributed by atoms with E-state index in [-0.39, 0.29) is 5.92 Å². The molecule has 1 atom stereocenters. The maximum Gasteiger partial charge on any atom is 0.137 e. The summed E-state index contributed by atoms with van der Waals surface area (Å²) in [5.74, 6) is 1.35. The van der Waals surface area contributed by atoms with Crippen molar-refractivity contribution in [2.45, 2.75) is 52.4 Å². The third-order valence-corrected chi connectivity index (χ3v) is 3.46. The minimum Gasteiger partial charge on any atom is -0.316 e. The zero-order chi connectivity index (χ0) is 11.1. The summed E-state index contributed by atoms with van der Waals surface area (Å²) in [6.45, 7) is 5.94. The molecule has 0 radical (unpaired) electrons. The van der Waals surface area contributed by atoms with Gasteiger partial charge in [0.15, 0.2) is 0 Å². The molecule has 15 heavy (non-hydrogen) atoms. The van der Waals surface area contributed by atoms with E-state index in [1.807, 2.05) is 6.92 Å². The zero-order valence-electron chi connectivity index (χ0n) is 10.2. The third-order valence-electron chi connectivity index (χ3n) is 3.46. The molecule has 2 heteroatoms. The summed E-state index contributed by atoms with van der Waals surface area (Å²) in [7, 11) is 0. The van der Waals surface area contributed by atoms with Crippen LogP contribution in [0, 0.1) is 11.8 Å². The molecule has 0 saturated heterocycles. The van der Waals surface area contributed by atoms with Gasteiger partial charge in [-0.1, -0.05) is 46.0 Å². The number of hydrogen-bond acceptors (Lipinski definition) is 2. The molecule has 1 N–H and O–H groups in total. The Kier molecular flexibility index (Phi) is 5.92. The minimum atomic E-state index is 0.201. The molecule has 1 saturated carbocycles. The summed E-state index contributed by atoms with van der Waals surface area (Å²) in [6, 6.07) is 0. The second kappa shape index (κ2) is 7.00. The summed E-state index contributed by atoms with van der Waals surface area (Å²) < 4.78 is 0. The number of nitrogens with one attached hydrogen (secondary N) is 1. The van der Waals surface area contributed by atoms with E-state index in [9.17, 15) is 4.79 Å². The first-order valence-electron chi connectivity index (χ1n) is 6.47. The van der Waals surface area contributed by atoms with Crippen LogP contribution < -0.4 is 5.32 Å². The molecular formula is C13H25NO. The van der Waals surface area contributed by atoms with Crippen LogP contribution in [0.15, 0.2) is 0 Å². The van der Waals surface area contributed by atoms with Gasteiger partial charge in [-0.15, -0.1) is 0 Å². The van der Waals surface area contributed by atoms with Crippen LogP contribution in [0.1, 0.15) is 52.4 Å². The third kappa shape index (κ3) is 4.78. The standard InChI is InChI=1S/C13H25NO/c1-3-14-10-11(2)13(15)9-12-7-5-4-6-8-12/h11-12,14H,3-10H2,1-2H3. The van der Waals surface area contributed by atoms with Crippen LogP contribution in [0.25, 0.3) is 0 Å². The molecule has 0 aromatic carbocycles. The Morgan fingerprint density at radius 1 is 1.33 bits per heavy atom. The van der Waals surface area contributed by atoms with Gasteiger partial charge >= 0.3 is 0 Å². The number of carbonyl (C=O) groups is 1. The fourth-order valence-corrected chi connectivity index (χ4v) is 2.35. The number of hydrogen-bond donors (Lipinski definition) is 1. The normalized spacial score (nSPS) is 20.1. The molecule has 0 aromatic heterocycles. The molecule has 0 spiro atoms. The van der Waals surface area contributed by atoms with Gasteiger partial charge in [-0.3, -0.25) is 4.79 Å². The summed E-state index contributed by atoms with van der Waals surface area (Å²) in [5.41, 5.74) is 0. The van der Waals surface area contributed by atoms with Gasteiger partial charge in [0, 0.05) is 18.9 Å². The summed E-state index contributed by atoms with van der Waals surface area (Å²) in [6.07, 6.45) is 7.42. The van der Waals surface area contributed by atoms with Crippen LogP contribution in [-0.2, 0) is 4.79 Å². The molecule has 88 valence electrons. The lowest BCUT2D eigenvalue weighted by molar-refractivity contribution is -0.123. The van der Waals surface area contributed by atoms with E-state index in [1.165, 1.54) is 32.1 Å². The Morgan fingerprint density at radius 2 is 2.00 bits per heavy atom. The predicted molar refractivity (Wildman–Crippen MR) is 63.9 cm³/mol. The number of carbonyl (C=O) groups excluding carboxylic acids is 1. The summed E-state index contributed by atoms with van der Waals surface area (Å²) in [5, 5.41) is 3.25. The largest absolute Gasteiger partial charge is 0.316 e. The molecule has 0 bridgehead atoms. The van der Waals surface area contributed by atoms with Crippen LogP contribution >= 0.6 is 0 Å². The van der Waals surface area contributed by atoms with E-state index in [4.69, 9.17) is 0 Å². The van der Waals surface area contributed by atoms with E-state index in [1.54, 1.807) is 0 Å². The lowest BCUT2D eigenvalue weighted by Crippen LogP contribution is -2.27. The van der Waals surface area contributed by atoms with E-state index < -0.39 is 0 Å². The summed E-state index contributed by atoms with van der Waals surface area (Å²) >= 11 is 0. The SMILES string of the molecule is CCNCC(C)C(=O)CC1CCCCC1. The molecule has 1 aliphatic rings. The second-order valence-corrected chi connectivity index (χ2v) is 4.88. The monoisotopic (exact) mass is 211 g/mol. The zero-order valence-corrected chi connectivity index (χ0v) is 10.2. The van der Waals surface area contributed by atoms with Crippen LogP contribution in [0.4, 0.5) is 0 Å². The molecular weight excluding hydrogens is 186 g/mol. The van der Waals surface area contributed by atoms with E-state index >= 15 is 0 Å². The molecule has 0 aromatic rings. The van der Waals surface area contributed by atoms with E-state index in [0.29, 0.717) is 11.7 Å². The van der Waals surface area contributed by atoms with Crippen molar-refractivity contribution < 1.29 is 4.79 Å². The first-order chi connectivity index (χ1) is 7.24. The Labute approximate surface area is 93.8 Å². The highest BCUT2D eigenvalue weighted by Gasteiger charge is 2.20. The van der Waals surface area contributed by atoms with Gasteiger partial charge in [-0.05, 0) is 12.5 Å². The first kappa shape index (κ1) is 12.7. The fraction of sp³-hybridized carbons (Fsp3) is 0.923. The smallest absolute Gasteiger partial charge is 0.137 e. The Bertz CT molecular complexity index is 185. The van der Waals surface area contributed by atoms with Crippen molar-refractivity contribution in [2.24, 2.45) is 11.8 Å². The molecule has 2 nitrogen and oxygen atoms in total. The average molecular weight is 211 g/mol. The summed E-state index contributed by atoms with van der Waals surface area (Å²) in [4.78, 5) is 11.9.